The Morgan fingerprint density at radius 1 is 1.53 bits per heavy atom. The van der Waals surface area contributed by atoms with Gasteiger partial charge in [-0.15, -0.1) is 0 Å². The van der Waals surface area contributed by atoms with E-state index in [4.69, 9.17) is 5.73 Å². The minimum absolute atomic E-state index is 0.0996. The lowest BCUT2D eigenvalue weighted by Gasteiger charge is -2.26. The van der Waals surface area contributed by atoms with Crippen LogP contribution in [0.25, 0.3) is 10.9 Å². The SMILES string of the molecule is CCC(C)(CO)NC(=O)c1cc2cccc(N)c2[nH]1. The van der Waals surface area contributed by atoms with E-state index in [1.807, 2.05) is 26.0 Å². The smallest absolute Gasteiger partial charge is 0.268 e. The number of hydrogen-bond acceptors (Lipinski definition) is 3. The molecule has 0 saturated carbocycles. The first-order chi connectivity index (χ1) is 8.99. The van der Waals surface area contributed by atoms with Crippen molar-refractivity contribution in [1.29, 1.82) is 0 Å². The third-order valence-corrected chi connectivity index (χ3v) is 3.48. The average molecular weight is 261 g/mol. The van der Waals surface area contributed by atoms with Gasteiger partial charge in [0.2, 0.25) is 0 Å². The lowest BCUT2D eigenvalue weighted by molar-refractivity contribution is 0.0843. The maximum Gasteiger partial charge on any atom is 0.268 e. The van der Waals surface area contributed by atoms with Gasteiger partial charge in [0, 0.05) is 5.39 Å². The quantitative estimate of drug-likeness (QED) is 0.630. The summed E-state index contributed by atoms with van der Waals surface area (Å²) in [5.41, 5.74) is 7.05. The number of aromatic amines is 1. The van der Waals surface area contributed by atoms with Crippen LogP contribution >= 0.6 is 0 Å². The van der Waals surface area contributed by atoms with Gasteiger partial charge in [-0.2, -0.15) is 0 Å². The molecule has 2 aromatic rings. The molecule has 5 nitrogen and oxygen atoms in total. The molecule has 0 bridgehead atoms. The van der Waals surface area contributed by atoms with Crippen molar-refractivity contribution in [2.75, 3.05) is 12.3 Å². The summed E-state index contributed by atoms with van der Waals surface area (Å²) in [7, 11) is 0. The first-order valence-electron chi connectivity index (χ1n) is 6.29. The number of nitrogens with two attached hydrogens (primary N) is 1. The summed E-state index contributed by atoms with van der Waals surface area (Å²) < 4.78 is 0. The van der Waals surface area contributed by atoms with Crippen LogP contribution < -0.4 is 11.1 Å². The van der Waals surface area contributed by atoms with Crippen molar-refractivity contribution in [3.8, 4) is 0 Å². The van der Waals surface area contributed by atoms with Gasteiger partial charge in [-0.05, 0) is 25.5 Å². The molecule has 1 unspecified atom stereocenters. The maximum atomic E-state index is 12.2. The number of aromatic nitrogens is 1. The van der Waals surface area contributed by atoms with Crippen molar-refractivity contribution < 1.29 is 9.90 Å². The summed E-state index contributed by atoms with van der Waals surface area (Å²) in [6.07, 6.45) is 0.650. The summed E-state index contributed by atoms with van der Waals surface area (Å²) in [5, 5.41) is 13.0. The zero-order valence-electron chi connectivity index (χ0n) is 11.2. The van der Waals surface area contributed by atoms with Crippen molar-refractivity contribution in [2.24, 2.45) is 0 Å². The van der Waals surface area contributed by atoms with Gasteiger partial charge < -0.3 is 21.1 Å². The number of rotatable bonds is 4. The molecule has 0 aliphatic carbocycles. The number of nitrogens with one attached hydrogen (secondary N) is 2. The first-order valence-corrected chi connectivity index (χ1v) is 6.29. The fraction of sp³-hybridized carbons (Fsp3) is 0.357. The highest BCUT2D eigenvalue weighted by Crippen LogP contribution is 2.21. The molecule has 1 heterocycles. The molecule has 2 rings (SSSR count). The normalized spacial score (nSPS) is 14.3. The molecule has 0 aliphatic rings. The third-order valence-electron chi connectivity index (χ3n) is 3.48. The fourth-order valence-electron chi connectivity index (χ4n) is 1.88. The molecule has 19 heavy (non-hydrogen) atoms. The molecule has 0 radical (unpaired) electrons. The van der Waals surface area contributed by atoms with E-state index in [9.17, 15) is 9.90 Å². The van der Waals surface area contributed by atoms with E-state index < -0.39 is 5.54 Å². The zero-order chi connectivity index (χ0) is 14.0. The van der Waals surface area contributed by atoms with Crippen LogP contribution in [0.4, 0.5) is 5.69 Å². The molecule has 1 atom stereocenters. The van der Waals surface area contributed by atoms with Crippen LogP contribution in [-0.2, 0) is 0 Å². The molecule has 1 amide bonds. The predicted octanol–water partition coefficient (Wildman–Crippen LogP) is 1.64. The monoisotopic (exact) mass is 261 g/mol. The number of carbonyl (C=O) groups is 1. The number of para-hydroxylation sites is 1. The molecule has 1 aromatic carbocycles. The number of nitrogen functional groups attached to an aromatic ring is 1. The van der Waals surface area contributed by atoms with Gasteiger partial charge in [-0.1, -0.05) is 19.1 Å². The number of benzene rings is 1. The second-order valence-corrected chi connectivity index (χ2v) is 5.02. The minimum atomic E-state index is -0.611. The van der Waals surface area contributed by atoms with Gasteiger partial charge >= 0.3 is 0 Å². The number of fused-ring (bicyclic) bond motifs is 1. The molecule has 0 spiro atoms. The highest BCUT2D eigenvalue weighted by Gasteiger charge is 2.24. The van der Waals surface area contributed by atoms with Crippen LogP contribution in [0.1, 0.15) is 30.8 Å². The Morgan fingerprint density at radius 2 is 2.26 bits per heavy atom. The highest BCUT2D eigenvalue weighted by atomic mass is 16.3. The standard InChI is InChI=1S/C14H19N3O2/c1-3-14(2,8-18)17-13(19)11-7-9-5-4-6-10(15)12(9)16-11/h4-7,16,18H,3,8,15H2,1-2H3,(H,17,19). The molecular formula is C14H19N3O2. The van der Waals surface area contributed by atoms with E-state index >= 15 is 0 Å². The van der Waals surface area contributed by atoms with E-state index in [-0.39, 0.29) is 12.5 Å². The molecule has 0 fully saturated rings. The number of carbonyl (C=O) groups excluding carboxylic acids is 1. The maximum absolute atomic E-state index is 12.2. The van der Waals surface area contributed by atoms with Crippen LogP contribution in [0.5, 0.6) is 0 Å². The second kappa shape index (κ2) is 4.93. The van der Waals surface area contributed by atoms with Gasteiger partial charge in [-0.3, -0.25) is 4.79 Å². The van der Waals surface area contributed by atoms with Crippen molar-refractivity contribution >= 4 is 22.5 Å². The van der Waals surface area contributed by atoms with E-state index in [0.29, 0.717) is 17.8 Å². The third kappa shape index (κ3) is 2.56. The molecule has 0 aliphatic heterocycles. The van der Waals surface area contributed by atoms with Crippen LogP contribution in [0.3, 0.4) is 0 Å². The van der Waals surface area contributed by atoms with Gasteiger partial charge in [0.15, 0.2) is 0 Å². The van der Waals surface area contributed by atoms with Crippen LogP contribution in [0.2, 0.25) is 0 Å². The summed E-state index contributed by atoms with van der Waals surface area (Å²) in [4.78, 5) is 15.2. The number of aliphatic hydroxyl groups is 1. The van der Waals surface area contributed by atoms with Crippen molar-refractivity contribution in [1.82, 2.24) is 10.3 Å². The van der Waals surface area contributed by atoms with Gasteiger partial charge in [-0.25, -0.2) is 0 Å². The first kappa shape index (κ1) is 13.4. The number of amides is 1. The Balaban J connectivity index is 2.30. The van der Waals surface area contributed by atoms with Crippen LogP contribution in [0.15, 0.2) is 24.3 Å². The van der Waals surface area contributed by atoms with Crippen LogP contribution in [-0.4, -0.2) is 28.1 Å². The Bertz CT molecular complexity index is 600. The Hall–Kier alpha value is -2.01. The predicted molar refractivity (Wildman–Crippen MR) is 76.0 cm³/mol. The van der Waals surface area contributed by atoms with Gasteiger partial charge in [0.1, 0.15) is 5.69 Å². The lowest BCUT2D eigenvalue weighted by atomic mass is 10.0. The van der Waals surface area contributed by atoms with E-state index in [0.717, 1.165) is 10.9 Å². The Morgan fingerprint density at radius 3 is 2.84 bits per heavy atom. The zero-order valence-corrected chi connectivity index (χ0v) is 11.2. The Labute approximate surface area is 111 Å². The molecule has 5 N–H and O–H groups in total. The van der Waals surface area contributed by atoms with E-state index in [1.54, 1.807) is 12.1 Å². The van der Waals surface area contributed by atoms with Gasteiger partial charge in [0.05, 0.1) is 23.3 Å². The second-order valence-electron chi connectivity index (χ2n) is 5.02. The summed E-state index contributed by atoms with van der Waals surface area (Å²) in [5.74, 6) is -0.242. The molecule has 102 valence electrons. The van der Waals surface area contributed by atoms with Crippen molar-refractivity contribution in [3.05, 3.63) is 30.0 Å². The number of anilines is 1. The lowest BCUT2D eigenvalue weighted by Crippen LogP contribution is -2.48. The minimum Gasteiger partial charge on any atom is -0.397 e. The largest absolute Gasteiger partial charge is 0.397 e. The topological polar surface area (TPSA) is 91.1 Å². The van der Waals surface area contributed by atoms with Crippen molar-refractivity contribution in [3.63, 3.8) is 0 Å². The summed E-state index contributed by atoms with van der Waals surface area (Å²) in [6, 6.07) is 7.28. The number of aliphatic hydroxyl groups excluding tert-OH is 1. The Kier molecular flexibility index (Phi) is 3.48. The van der Waals surface area contributed by atoms with Crippen LogP contribution in [0, 0.1) is 0 Å². The average Bonchev–Trinajstić information content (AvgIpc) is 2.84. The van der Waals surface area contributed by atoms with E-state index in [2.05, 4.69) is 10.3 Å². The number of H-pyrrole nitrogens is 1. The van der Waals surface area contributed by atoms with E-state index in [1.165, 1.54) is 0 Å². The highest BCUT2D eigenvalue weighted by molar-refractivity contribution is 6.01. The fourth-order valence-corrected chi connectivity index (χ4v) is 1.88. The molecular weight excluding hydrogens is 242 g/mol. The van der Waals surface area contributed by atoms with Crippen molar-refractivity contribution in [2.45, 2.75) is 25.8 Å². The van der Waals surface area contributed by atoms with Gasteiger partial charge in [0.25, 0.3) is 5.91 Å². The number of hydrogen-bond donors (Lipinski definition) is 4. The molecule has 1 aromatic heterocycles. The molecule has 5 heteroatoms. The summed E-state index contributed by atoms with van der Waals surface area (Å²) >= 11 is 0. The molecule has 0 saturated heterocycles. The summed E-state index contributed by atoms with van der Waals surface area (Å²) in [6.45, 7) is 3.62.